The van der Waals surface area contributed by atoms with Gasteiger partial charge in [0.05, 0.1) is 20.7 Å². The third kappa shape index (κ3) is 3.92. The Hall–Kier alpha value is -1.16. The summed E-state index contributed by atoms with van der Waals surface area (Å²) in [6, 6.07) is 21.3. The summed E-state index contributed by atoms with van der Waals surface area (Å²) >= 11 is 0. The number of nitrogens with zero attached hydrogens (tertiary/aromatic N) is 1. The Labute approximate surface area is 132 Å². The average Bonchev–Trinajstić information content (AvgIpc) is 2.41. The van der Waals surface area contributed by atoms with E-state index in [0.717, 1.165) is 11.0 Å². The van der Waals surface area contributed by atoms with Crippen LogP contribution in [0.25, 0.3) is 0 Å². The van der Waals surface area contributed by atoms with E-state index in [0.29, 0.717) is 0 Å². The SMILES string of the molecule is C[N+](C)(CCO)C(c1ccccc1)c1ccccc1.[Br-]. The third-order valence-corrected chi connectivity index (χ3v) is 3.61. The molecule has 0 saturated carbocycles. The molecule has 0 atom stereocenters. The van der Waals surface area contributed by atoms with Gasteiger partial charge in [-0.2, -0.15) is 0 Å². The Balaban J connectivity index is 0.00000200. The van der Waals surface area contributed by atoms with Gasteiger partial charge in [-0.25, -0.2) is 0 Å². The monoisotopic (exact) mass is 335 g/mol. The highest BCUT2D eigenvalue weighted by atomic mass is 79.9. The summed E-state index contributed by atoms with van der Waals surface area (Å²) in [6.45, 7) is 0.928. The van der Waals surface area contributed by atoms with Crippen molar-refractivity contribution < 1.29 is 26.6 Å². The van der Waals surface area contributed by atoms with E-state index >= 15 is 0 Å². The quantitative estimate of drug-likeness (QED) is 0.753. The standard InChI is InChI=1S/C17H22NO.BrH/c1-18(2,13-14-19)17(15-9-5-3-6-10-15)16-11-7-4-8-12-16;/h3-12,17,19H,13-14H2,1-2H3;1H/q+1;/p-1. The maximum Gasteiger partial charge on any atom is 0.140 e. The van der Waals surface area contributed by atoms with E-state index in [9.17, 15) is 5.11 Å². The molecule has 0 aliphatic rings. The second-order valence-corrected chi connectivity index (χ2v) is 5.45. The summed E-state index contributed by atoms with van der Waals surface area (Å²) in [5.74, 6) is 0. The van der Waals surface area contributed by atoms with Gasteiger partial charge in [0.1, 0.15) is 12.6 Å². The summed E-state index contributed by atoms with van der Waals surface area (Å²) in [4.78, 5) is 0. The number of quaternary nitrogens is 1. The number of aliphatic hydroxyl groups excluding tert-OH is 1. The van der Waals surface area contributed by atoms with E-state index in [4.69, 9.17) is 0 Å². The predicted molar refractivity (Wildman–Crippen MR) is 78.8 cm³/mol. The smallest absolute Gasteiger partial charge is 0.140 e. The highest BCUT2D eigenvalue weighted by Gasteiger charge is 2.30. The van der Waals surface area contributed by atoms with Crippen LogP contribution < -0.4 is 17.0 Å². The fourth-order valence-electron chi connectivity index (χ4n) is 2.66. The normalized spacial score (nSPS) is 11.2. The number of rotatable bonds is 5. The Kier molecular flexibility index (Phi) is 6.40. The summed E-state index contributed by atoms with van der Waals surface area (Å²) in [5, 5.41) is 9.33. The molecule has 20 heavy (non-hydrogen) atoms. The summed E-state index contributed by atoms with van der Waals surface area (Å²) < 4.78 is 0.741. The van der Waals surface area contributed by atoms with Gasteiger partial charge in [-0.1, -0.05) is 60.7 Å². The van der Waals surface area contributed by atoms with Gasteiger partial charge >= 0.3 is 0 Å². The fourth-order valence-corrected chi connectivity index (χ4v) is 2.66. The number of hydrogen-bond donors (Lipinski definition) is 1. The number of halogens is 1. The van der Waals surface area contributed by atoms with Crippen LogP contribution in [0, 0.1) is 0 Å². The molecule has 0 saturated heterocycles. The molecule has 0 heterocycles. The van der Waals surface area contributed by atoms with Crippen molar-refractivity contribution in [3.63, 3.8) is 0 Å². The van der Waals surface area contributed by atoms with Gasteiger partial charge in [-0.05, 0) is 0 Å². The first-order valence-corrected chi connectivity index (χ1v) is 6.68. The molecule has 2 nitrogen and oxygen atoms in total. The minimum atomic E-state index is 0. The molecule has 108 valence electrons. The van der Waals surface area contributed by atoms with E-state index in [1.807, 2.05) is 12.1 Å². The molecule has 2 rings (SSSR count). The van der Waals surface area contributed by atoms with Gasteiger partial charge in [0.15, 0.2) is 0 Å². The zero-order valence-corrected chi connectivity index (χ0v) is 13.6. The maximum atomic E-state index is 9.33. The van der Waals surface area contributed by atoms with Crippen molar-refractivity contribution >= 4 is 0 Å². The molecule has 0 unspecified atom stereocenters. The maximum absolute atomic E-state index is 9.33. The van der Waals surface area contributed by atoms with E-state index in [1.54, 1.807) is 0 Å². The molecule has 0 aliphatic carbocycles. The van der Waals surface area contributed by atoms with Crippen LogP contribution in [0.1, 0.15) is 17.2 Å². The minimum Gasteiger partial charge on any atom is -1.00 e. The second kappa shape index (κ2) is 7.58. The molecule has 3 heteroatoms. The first kappa shape index (κ1) is 16.9. The van der Waals surface area contributed by atoms with E-state index in [1.165, 1.54) is 11.1 Å². The molecule has 2 aromatic carbocycles. The number of likely N-dealkylation sites (N-methyl/N-ethyl adjacent to an activating group) is 1. The van der Waals surface area contributed by atoms with Crippen molar-refractivity contribution in [3.8, 4) is 0 Å². The third-order valence-electron chi connectivity index (χ3n) is 3.61. The zero-order chi connectivity index (χ0) is 13.7. The van der Waals surface area contributed by atoms with Crippen molar-refractivity contribution in [3.05, 3.63) is 71.8 Å². The summed E-state index contributed by atoms with van der Waals surface area (Å²) in [7, 11) is 4.34. The van der Waals surface area contributed by atoms with Gasteiger partial charge in [-0.15, -0.1) is 0 Å². The Morgan fingerprint density at radius 2 is 1.25 bits per heavy atom. The largest absolute Gasteiger partial charge is 1.00 e. The van der Waals surface area contributed by atoms with Gasteiger partial charge in [-0.3, -0.25) is 0 Å². The predicted octanol–water partition coefficient (Wildman–Crippen LogP) is -0.151. The lowest BCUT2D eigenvalue weighted by atomic mass is 9.96. The van der Waals surface area contributed by atoms with Gasteiger partial charge in [0.2, 0.25) is 0 Å². The number of benzene rings is 2. The molecule has 0 aromatic heterocycles. The molecule has 0 aliphatic heterocycles. The van der Waals surface area contributed by atoms with Crippen molar-refractivity contribution in [1.29, 1.82) is 0 Å². The minimum absolute atomic E-state index is 0. The molecular formula is C17H22BrNO. The first-order valence-electron chi connectivity index (χ1n) is 6.68. The topological polar surface area (TPSA) is 20.2 Å². The Morgan fingerprint density at radius 3 is 1.60 bits per heavy atom. The fraction of sp³-hybridized carbons (Fsp3) is 0.294. The molecule has 1 N–H and O–H groups in total. The lowest BCUT2D eigenvalue weighted by Gasteiger charge is -2.38. The average molecular weight is 336 g/mol. The molecule has 0 amide bonds. The molecular weight excluding hydrogens is 314 g/mol. The highest BCUT2D eigenvalue weighted by Crippen LogP contribution is 2.31. The summed E-state index contributed by atoms with van der Waals surface area (Å²) in [5.41, 5.74) is 2.57. The van der Waals surface area contributed by atoms with Gasteiger partial charge in [0, 0.05) is 11.1 Å². The Bertz CT molecular complexity index is 459. The molecule has 0 spiro atoms. The Morgan fingerprint density at radius 1 is 0.850 bits per heavy atom. The van der Waals surface area contributed by atoms with Crippen LogP contribution in [0.15, 0.2) is 60.7 Å². The van der Waals surface area contributed by atoms with Crippen LogP contribution in [0.3, 0.4) is 0 Å². The first-order chi connectivity index (χ1) is 9.15. The van der Waals surface area contributed by atoms with E-state index < -0.39 is 0 Å². The highest BCUT2D eigenvalue weighted by molar-refractivity contribution is 5.29. The van der Waals surface area contributed by atoms with Crippen molar-refractivity contribution in [2.45, 2.75) is 6.04 Å². The number of aliphatic hydroxyl groups is 1. The molecule has 0 radical (unpaired) electrons. The van der Waals surface area contributed by atoms with Crippen LogP contribution in [0.2, 0.25) is 0 Å². The van der Waals surface area contributed by atoms with Gasteiger partial charge in [0.25, 0.3) is 0 Å². The van der Waals surface area contributed by atoms with Gasteiger partial charge < -0.3 is 26.6 Å². The number of hydrogen-bond acceptors (Lipinski definition) is 1. The van der Waals surface area contributed by atoms with Crippen LogP contribution in [-0.2, 0) is 0 Å². The van der Waals surface area contributed by atoms with Crippen molar-refractivity contribution in [1.82, 2.24) is 0 Å². The lowest BCUT2D eigenvalue weighted by Crippen LogP contribution is -3.00. The summed E-state index contributed by atoms with van der Waals surface area (Å²) in [6.07, 6.45) is 0. The van der Waals surface area contributed by atoms with Crippen LogP contribution in [-0.4, -0.2) is 36.8 Å². The molecule has 2 aromatic rings. The van der Waals surface area contributed by atoms with Crippen LogP contribution in [0.5, 0.6) is 0 Å². The van der Waals surface area contributed by atoms with E-state index in [2.05, 4.69) is 62.6 Å². The molecule has 0 fully saturated rings. The van der Waals surface area contributed by atoms with Crippen LogP contribution >= 0.6 is 0 Å². The van der Waals surface area contributed by atoms with Crippen LogP contribution in [0.4, 0.5) is 0 Å². The van der Waals surface area contributed by atoms with E-state index in [-0.39, 0.29) is 29.6 Å². The zero-order valence-electron chi connectivity index (χ0n) is 12.0. The lowest BCUT2D eigenvalue weighted by molar-refractivity contribution is -0.915. The van der Waals surface area contributed by atoms with Crippen molar-refractivity contribution in [2.24, 2.45) is 0 Å². The second-order valence-electron chi connectivity index (χ2n) is 5.45. The van der Waals surface area contributed by atoms with Crippen molar-refractivity contribution in [2.75, 3.05) is 27.2 Å². The molecule has 0 bridgehead atoms.